The number of amides is 2. The third-order valence-corrected chi connectivity index (χ3v) is 4.44. The van der Waals surface area contributed by atoms with Crippen LogP contribution in [0.15, 0.2) is 48.5 Å². The Balaban J connectivity index is 1.96. The Morgan fingerprint density at radius 3 is 2.63 bits per heavy atom. The van der Waals surface area contributed by atoms with E-state index in [1.54, 1.807) is 36.0 Å². The Hall–Kier alpha value is -2.25. The minimum Gasteiger partial charge on any atom is -0.484 e. The fourth-order valence-corrected chi connectivity index (χ4v) is 2.85. The van der Waals surface area contributed by atoms with Crippen LogP contribution in [0.4, 0.5) is 10.1 Å². The van der Waals surface area contributed by atoms with Crippen LogP contribution in [0.25, 0.3) is 0 Å². The fourth-order valence-electron chi connectivity index (χ4n) is 2.22. The van der Waals surface area contributed by atoms with Gasteiger partial charge < -0.3 is 15.4 Å². The van der Waals surface area contributed by atoms with Gasteiger partial charge in [0, 0.05) is 5.02 Å². The molecule has 2 aromatic rings. The lowest BCUT2D eigenvalue weighted by Gasteiger charge is -2.18. The molecule has 0 saturated carbocycles. The average molecular weight is 411 g/mol. The molecule has 0 aliphatic carbocycles. The van der Waals surface area contributed by atoms with Crippen molar-refractivity contribution in [1.82, 2.24) is 5.32 Å². The quantitative estimate of drug-likeness (QED) is 0.661. The predicted octanol–water partition coefficient (Wildman–Crippen LogP) is 3.73. The summed E-state index contributed by atoms with van der Waals surface area (Å²) in [5.41, 5.74) is 0.00772. The number of carbonyl (C=O) groups excluding carboxylic acids is 2. The second-order valence-corrected chi connectivity index (χ2v) is 7.04. The first-order valence-corrected chi connectivity index (χ1v) is 9.99. The molecule has 144 valence electrons. The van der Waals surface area contributed by atoms with Crippen molar-refractivity contribution in [2.24, 2.45) is 0 Å². The standard InChI is InChI=1S/C19H20ClFN2O3S/c1-27-10-9-17(19(25)23-16-8-7-13(20)11-15(16)21)22-18(24)12-26-14-5-3-2-4-6-14/h2-8,11,17H,9-10,12H2,1H3,(H,22,24)(H,23,25). The lowest BCUT2D eigenvalue weighted by Crippen LogP contribution is -2.46. The highest BCUT2D eigenvalue weighted by atomic mass is 35.5. The monoisotopic (exact) mass is 410 g/mol. The van der Waals surface area contributed by atoms with Crippen molar-refractivity contribution in [2.75, 3.05) is 23.9 Å². The van der Waals surface area contributed by atoms with Crippen molar-refractivity contribution in [2.45, 2.75) is 12.5 Å². The highest BCUT2D eigenvalue weighted by molar-refractivity contribution is 7.98. The number of hydrogen-bond donors (Lipinski definition) is 2. The van der Waals surface area contributed by atoms with E-state index in [9.17, 15) is 14.0 Å². The molecule has 0 aliphatic rings. The van der Waals surface area contributed by atoms with Gasteiger partial charge in [0.25, 0.3) is 5.91 Å². The fraction of sp³-hybridized carbons (Fsp3) is 0.263. The second-order valence-electron chi connectivity index (χ2n) is 5.62. The summed E-state index contributed by atoms with van der Waals surface area (Å²) in [6.07, 6.45) is 2.30. The Bertz CT molecular complexity index is 777. The maximum atomic E-state index is 13.9. The zero-order valence-corrected chi connectivity index (χ0v) is 16.3. The SMILES string of the molecule is CSCCC(NC(=O)COc1ccccc1)C(=O)Nc1ccc(Cl)cc1F. The molecule has 0 bridgehead atoms. The maximum Gasteiger partial charge on any atom is 0.258 e. The van der Waals surface area contributed by atoms with Gasteiger partial charge in [0.1, 0.15) is 17.6 Å². The molecule has 0 spiro atoms. The minimum absolute atomic E-state index is 0.00772. The number of hydrogen-bond acceptors (Lipinski definition) is 4. The van der Waals surface area contributed by atoms with E-state index >= 15 is 0 Å². The molecule has 2 aromatic carbocycles. The molecular formula is C19H20ClFN2O3S. The van der Waals surface area contributed by atoms with Gasteiger partial charge in [0.05, 0.1) is 5.69 Å². The van der Waals surface area contributed by atoms with Crippen molar-refractivity contribution in [3.05, 3.63) is 59.4 Å². The number of anilines is 1. The first kappa shape index (κ1) is 21.1. The van der Waals surface area contributed by atoms with Crippen LogP contribution in [-0.2, 0) is 9.59 Å². The molecule has 0 aromatic heterocycles. The zero-order chi connectivity index (χ0) is 19.6. The number of carbonyl (C=O) groups is 2. The van der Waals surface area contributed by atoms with E-state index < -0.39 is 23.7 Å². The van der Waals surface area contributed by atoms with Crippen molar-refractivity contribution < 1.29 is 18.7 Å². The number of nitrogens with one attached hydrogen (secondary N) is 2. The van der Waals surface area contributed by atoms with Gasteiger partial charge in [-0.25, -0.2) is 4.39 Å². The first-order chi connectivity index (χ1) is 13.0. The molecule has 2 amide bonds. The Labute approximate surface area is 166 Å². The van der Waals surface area contributed by atoms with Crippen LogP contribution in [0.1, 0.15) is 6.42 Å². The molecule has 2 N–H and O–H groups in total. The van der Waals surface area contributed by atoms with E-state index in [-0.39, 0.29) is 17.3 Å². The maximum absolute atomic E-state index is 13.9. The third-order valence-electron chi connectivity index (χ3n) is 3.56. The Morgan fingerprint density at radius 1 is 1.22 bits per heavy atom. The number of thioether (sulfide) groups is 1. The highest BCUT2D eigenvalue weighted by Gasteiger charge is 2.21. The minimum atomic E-state index is -0.806. The molecule has 0 radical (unpaired) electrons. The van der Waals surface area contributed by atoms with E-state index in [4.69, 9.17) is 16.3 Å². The summed E-state index contributed by atoms with van der Waals surface area (Å²) in [7, 11) is 0. The van der Waals surface area contributed by atoms with Gasteiger partial charge in [-0.1, -0.05) is 29.8 Å². The largest absolute Gasteiger partial charge is 0.484 e. The van der Waals surface area contributed by atoms with Crippen molar-refractivity contribution >= 4 is 40.9 Å². The summed E-state index contributed by atoms with van der Waals surface area (Å²) in [6, 6.07) is 12.0. The van der Waals surface area contributed by atoms with Crippen molar-refractivity contribution in [3.8, 4) is 5.75 Å². The lowest BCUT2D eigenvalue weighted by molar-refractivity contribution is -0.127. The van der Waals surface area contributed by atoms with Crippen LogP contribution < -0.4 is 15.4 Å². The number of benzene rings is 2. The molecule has 0 aliphatic heterocycles. The highest BCUT2D eigenvalue weighted by Crippen LogP contribution is 2.19. The molecule has 2 rings (SSSR count). The second kappa shape index (κ2) is 10.8. The van der Waals surface area contributed by atoms with Crippen molar-refractivity contribution in [1.29, 1.82) is 0 Å². The van der Waals surface area contributed by atoms with Crippen LogP contribution in [0.2, 0.25) is 5.02 Å². The van der Waals surface area contributed by atoms with E-state index in [1.807, 2.05) is 12.3 Å². The third kappa shape index (κ3) is 7.11. The van der Waals surface area contributed by atoms with Gasteiger partial charge >= 0.3 is 0 Å². The van der Waals surface area contributed by atoms with E-state index in [2.05, 4.69) is 10.6 Å². The molecule has 5 nitrogen and oxygen atoms in total. The molecular weight excluding hydrogens is 391 g/mol. The summed E-state index contributed by atoms with van der Waals surface area (Å²) in [5, 5.41) is 5.36. The smallest absolute Gasteiger partial charge is 0.258 e. The summed E-state index contributed by atoms with van der Waals surface area (Å²) in [4.78, 5) is 24.6. The molecule has 27 heavy (non-hydrogen) atoms. The zero-order valence-electron chi connectivity index (χ0n) is 14.7. The van der Waals surface area contributed by atoms with Gasteiger partial charge in [-0.3, -0.25) is 9.59 Å². The van der Waals surface area contributed by atoms with Crippen LogP contribution in [0, 0.1) is 5.82 Å². The summed E-state index contributed by atoms with van der Waals surface area (Å²) in [6.45, 7) is -0.220. The normalized spacial score (nSPS) is 11.5. The van der Waals surface area contributed by atoms with Crippen LogP contribution in [0.5, 0.6) is 5.75 Å². The summed E-state index contributed by atoms with van der Waals surface area (Å²) >= 11 is 7.25. The topological polar surface area (TPSA) is 67.4 Å². The van der Waals surface area contributed by atoms with E-state index in [0.29, 0.717) is 17.9 Å². The van der Waals surface area contributed by atoms with Gasteiger partial charge in [0.2, 0.25) is 5.91 Å². The molecule has 1 atom stereocenters. The molecule has 0 saturated heterocycles. The predicted molar refractivity (Wildman–Crippen MR) is 107 cm³/mol. The van der Waals surface area contributed by atoms with Gasteiger partial charge in [-0.05, 0) is 48.8 Å². The summed E-state index contributed by atoms with van der Waals surface area (Å²) < 4.78 is 19.3. The average Bonchev–Trinajstić information content (AvgIpc) is 2.66. The number of para-hydroxylation sites is 1. The molecule has 8 heteroatoms. The van der Waals surface area contributed by atoms with Gasteiger partial charge in [-0.2, -0.15) is 11.8 Å². The van der Waals surface area contributed by atoms with E-state index in [0.717, 1.165) is 6.07 Å². The summed E-state index contributed by atoms with van der Waals surface area (Å²) in [5.74, 6) is -0.365. The van der Waals surface area contributed by atoms with Crippen LogP contribution >= 0.6 is 23.4 Å². The number of rotatable bonds is 9. The lowest BCUT2D eigenvalue weighted by atomic mass is 10.2. The van der Waals surface area contributed by atoms with Gasteiger partial charge in [-0.15, -0.1) is 0 Å². The van der Waals surface area contributed by atoms with Crippen LogP contribution in [-0.4, -0.2) is 36.5 Å². The van der Waals surface area contributed by atoms with E-state index in [1.165, 1.54) is 12.1 Å². The number of ether oxygens (including phenoxy) is 1. The molecule has 0 heterocycles. The van der Waals surface area contributed by atoms with Gasteiger partial charge in [0.15, 0.2) is 6.61 Å². The number of halogens is 2. The Kier molecular flexibility index (Phi) is 8.42. The Morgan fingerprint density at radius 2 is 1.96 bits per heavy atom. The first-order valence-electron chi connectivity index (χ1n) is 8.21. The van der Waals surface area contributed by atoms with Crippen LogP contribution in [0.3, 0.4) is 0 Å². The van der Waals surface area contributed by atoms with Crippen molar-refractivity contribution in [3.63, 3.8) is 0 Å². The molecule has 1 unspecified atom stereocenters. The molecule has 0 fully saturated rings.